The first-order valence-electron chi connectivity index (χ1n) is 8.97. The van der Waals surface area contributed by atoms with Crippen LogP contribution in [-0.2, 0) is 25.6 Å². The minimum Gasteiger partial charge on any atom is -0.480 e. The van der Waals surface area contributed by atoms with Gasteiger partial charge in [0.05, 0.1) is 11.5 Å². The molecule has 2 N–H and O–H groups in total. The summed E-state index contributed by atoms with van der Waals surface area (Å²) in [5.41, 5.74) is -0.772. The van der Waals surface area contributed by atoms with Gasteiger partial charge >= 0.3 is 12.1 Å². The van der Waals surface area contributed by atoms with Crippen LogP contribution in [-0.4, -0.2) is 45.3 Å². The molecule has 1 saturated heterocycles. The standard InChI is InChI=1S/C19H27N3O6/c1-18(2,3)27-17(26)22(28-19(4,5)6)13-10-11(7-8-20-13)9-12-14(16(24)25)21-15(12)23/h7-8,10,12,14H,9H2,1-6H3,(H,21,23)(H,24,25)/t12-,14+/m1/s1. The Kier molecular flexibility index (Phi) is 5.98. The van der Waals surface area contributed by atoms with E-state index >= 15 is 0 Å². The Morgan fingerprint density at radius 1 is 1.21 bits per heavy atom. The van der Waals surface area contributed by atoms with Gasteiger partial charge in [0, 0.05) is 6.20 Å². The fourth-order valence-electron chi connectivity index (χ4n) is 2.57. The third-order valence-corrected chi connectivity index (χ3v) is 3.70. The van der Waals surface area contributed by atoms with Gasteiger partial charge in [0.15, 0.2) is 5.82 Å². The summed E-state index contributed by atoms with van der Waals surface area (Å²) in [5, 5.41) is 12.5. The molecule has 1 aromatic heterocycles. The number of aliphatic carboxylic acids is 1. The minimum absolute atomic E-state index is 0.188. The van der Waals surface area contributed by atoms with Crippen molar-refractivity contribution in [2.24, 2.45) is 5.92 Å². The van der Waals surface area contributed by atoms with Crippen molar-refractivity contribution in [2.75, 3.05) is 5.06 Å². The number of hydroxylamine groups is 1. The summed E-state index contributed by atoms with van der Waals surface area (Å²) in [6.45, 7) is 10.6. The Hall–Kier alpha value is -2.68. The molecule has 1 fully saturated rings. The van der Waals surface area contributed by atoms with Crippen LogP contribution in [0.5, 0.6) is 0 Å². The van der Waals surface area contributed by atoms with Gasteiger partial charge in [-0.15, -0.1) is 5.06 Å². The molecule has 0 aliphatic carbocycles. The van der Waals surface area contributed by atoms with Crippen LogP contribution in [0.3, 0.4) is 0 Å². The van der Waals surface area contributed by atoms with Crippen LogP contribution in [0.1, 0.15) is 47.1 Å². The number of rotatable bonds is 5. The quantitative estimate of drug-likeness (QED) is 0.582. The number of hydrogen-bond acceptors (Lipinski definition) is 6. The highest BCUT2D eigenvalue weighted by atomic mass is 16.7. The summed E-state index contributed by atoms with van der Waals surface area (Å²) >= 11 is 0. The van der Waals surface area contributed by atoms with Gasteiger partial charge < -0.3 is 15.2 Å². The number of ether oxygens (including phenoxy) is 1. The number of pyridine rings is 1. The predicted molar refractivity (Wildman–Crippen MR) is 101 cm³/mol. The summed E-state index contributed by atoms with van der Waals surface area (Å²) < 4.78 is 5.40. The van der Waals surface area contributed by atoms with Gasteiger partial charge in [-0.05, 0) is 65.7 Å². The molecular formula is C19H27N3O6. The Morgan fingerprint density at radius 3 is 2.36 bits per heavy atom. The van der Waals surface area contributed by atoms with Crippen LogP contribution in [0.4, 0.5) is 10.6 Å². The molecule has 0 spiro atoms. The van der Waals surface area contributed by atoms with Gasteiger partial charge in [-0.1, -0.05) is 0 Å². The van der Waals surface area contributed by atoms with Gasteiger partial charge in [0.2, 0.25) is 5.91 Å². The summed E-state index contributed by atoms with van der Waals surface area (Å²) in [5.74, 6) is -1.88. The number of β-lactam (4-membered cyclic amide) rings is 1. The maximum Gasteiger partial charge on any atom is 0.440 e. The molecule has 1 aromatic rings. The molecule has 2 heterocycles. The number of amides is 2. The van der Waals surface area contributed by atoms with E-state index in [-0.39, 0.29) is 18.1 Å². The van der Waals surface area contributed by atoms with Gasteiger partial charge in [0.25, 0.3) is 0 Å². The van der Waals surface area contributed by atoms with E-state index in [0.29, 0.717) is 5.56 Å². The minimum atomic E-state index is -1.08. The fourth-order valence-corrected chi connectivity index (χ4v) is 2.57. The van der Waals surface area contributed by atoms with E-state index in [9.17, 15) is 14.4 Å². The van der Waals surface area contributed by atoms with Gasteiger partial charge in [-0.3, -0.25) is 9.63 Å². The van der Waals surface area contributed by atoms with Crippen LogP contribution >= 0.6 is 0 Å². The van der Waals surface area contributed by atoms with Crippen LogP contribution in [0.25, 0.3) is 0 Å². The first-order valence-corrected chi connectivity index (χ1v) is 8.97. The van der Waals surface area contributed by atoms with Crippen LogP contribution in [0.15, 0.2) is 18.3 Å². The van der Waals surface area contributed by atoms with E-state index in [4.69, 9.17) is 14.7 Å². The monoisotopic (exact) mass is 393 g/mol. The number of nitrogens with one attached hydrogen (secondary N) is 1. The number of nitrogens with zero attached hydrogens (tertiary/aromatic N) is 2. The van der Waals surface area contributed by atoms with Crippen molar-refractivity contribution in [2.45, 2.75) is 65.2 Å². The number of aromatic nitrogens is 1. The van der Waals surface area contributed by atoms with E-state index < -0.39 is 35.2 Å². The lowest BCUT2D eigenvalue weighted by Gasteiger charge is -2.34. The number of hydrogen-bond donors (Lipinski definition) is 2. The maximum atomic E-state index is 12.6. The average Bonchev–Trinajstić information content (AvgIpc) is 2.53. The van der Waals surface area contributed by atoms with E-state index in [1.54, 1.807) is 53.7 Å². The molecule has 0 radical (unpaired) electrons. The van der Waals surface area contributed by atoms with E-state index in [1.807, 2.05) is 0 Å². The zero-order chi connectivity index (χ0) is 21.3. The van der Waals surface area contributed by atoms with Crippen molar-refractivity contribution in [1.29, 1.82) is 0 Å². The predicted octanol–water partition coefficient (Wildman–Crippen LogP) is 2.29. The summed E-state index contributed by atoms with van der Waals surface area (Å²) in [4.78, 5) is 45.4. The highest BCUT2D eigenvalue weighted by molar-refractivity contribution is 5.96. The summed E-state index contributed by atoms with van der Waals surface area (Å²) in [7, 11) is 0. The molecule has 2 atom stereocenters. The second kappa shape index (κ2) is 7.75. The zero-order valence-corrected chi connectivity index (χ0v) is 17.0. The molecule has 28 heavy (non-hydrogen) atoms. The first-order chi connectivity index (χ1) is 12.8. The van der Waals surface area contributed by atoms with Gasteiger partial charge in [-0.2, -0.15) is 0 Å². The molecule has 2 rings (SSSR count). The third kappa shape index (κ3) is 5.66. The third-order valence-electron chi connectivity index (χ3n) is 3.70. The summed E-state index contributed by atoms with van der Waals surface area (Å²) in [6, 6.07) is 2.33. The van der Waals surface area contributed by atoms with Crippen LogP contribution < -0.4 is 10.4 Å². The molecule has 0 saturated carbocycles. The average molecular weight is 393 g/mol. The lowest BCUT2D eigenvalue weighted by molar-refractivity contribution is -0.153. The Bertz CT molecular complexity index is 766. The van der Waals surface area contributed by atoms with E-state index in [1.165, 1.54) is 6.20 Å². The molecule has 0 aromatic carbocycles. The largest absolute Gasteiger partial charge is 0.480 e. The topological polar surface area (TPSA) is 118 Å². The molecule has 0 bridgehead atoms. The first kappa shape index (κ1) is 21.6. The Balaban J connectivity index is 2.26. The fraction of sp³-hybridized carbons (Fsp3) is 0.579. The van der Waals surface area contributed by atoms with Crippen molar-refractivity contribution >= 4 is 23.8 Å². The highest BCUT2D eigenvalue weighted by Gasteiger charge is 2.44. The second-order valence-corrected chi connectivity index (χ2v) is 8.64. The molecule has 9 heteroatoms. The SMILES string of the molecule is CC(C)(C)OC(=O)N(OC(C)(C)C)c1cc(C[C@H]2C(=O)N[C@@H]2C(=O)O)ccn1. The number of carboxylic acids is 1. The van der Waals surface area contributed by atoms with Crippen LogP contribution in [0, 0.1) is 5.92 Å². The molecule has 9 nitrogen and oxygen atoms in total. The second-order valence-electron chi connectivity index (χ2n) is 8.64. The number of carbonyl (C=O) groups excluding carboxylic acids is 2. The Labute approximate surface area is 164 Å². The molecule has 2 amide bonds. The Morgan fingerprint density at radius 2 is 1.86 bits per heavy atom. The van der Waals surface area contributed by atoms with Gasteiger partial charge in [-0.25, -0.2) is 14.6 Å². The smallest absolute Gasteiger partial charge is 0.440 e. The van der Waals surface area contributed by atoms with Crippen molar-refractivity contribution in [3.63, 3.8) is 0 Å². The van der Waals surface area contributed by atoms with Crippen molar-refractivity contribution in [3.8, 4) is 0 Å². The lowest BCUT2D eigenvalue weighted by Crippen LogP contribution is -2.62. The molecule has 154 valence electrons. The molecular weight excluding hydrogens is 366 g/mol. The van der Waals surface area contributed by atoms with Gasteiger partial charge in [0.1, 0.15) is 11.6 Å². The van der Waals surface area contributed by atoms with Crippen molar-refractivity contribution in [1.82, 2.24) is 10.3 Å². The molecule has 0 unspecified atom stereocenters. The van der Waals surface area contributed by atoms with Crippen LogP contribution in [0.2, 0.25) is 0 Å². The summed E-state index contributed by atoms with van der Waals surface area (Å²) in [6.07, 6.45) is 0.952. The number of carbonyl (C=O) groups is 3. The zero-order valence-electron chi connectivity index (χ0n) is 17.0. The van der Waals surface area contributed by atoms with E-state index in [2.05, 4.69) is 10.3 Å². The highest BCUT2D eigenvalue weighted by Crippen LogP contribution is 2.25. The lowest BCUT2D eigenvalue weighted by atomic mass is 9.85. The molecule has 1 aliphatic heterocycles. The van der Waals surface area contributed by atoms with Crippen molar-refractivity contribution < 1.29 is 29.1 Å². The van der Waals surface area contributed by atoms with E-state index in [0.717, 1.165) is 5.06 Å². The maximum absolute atomic E-state index is 12.6. The number of anilines is 1. The normalized spacial score (nSPS) is 19.4. The van der Waals surface area contributed by atoms with Crippen molar-refractivity contribution in [3.05, 3.63) is 23.9 Å². The molecule has 1 aliphatic rings. The number of carboxylic acid groups (broad SMARTS) is 1.